The van der Waals surface area contributed by atoms with E-state index in [-0.39, 0.29) is 6.10 Å². The molecule has 9 atom stereocenters. The van der Waals surface area contributed by atoms with E-state index in [2.05, 4.69) is 59.4 Å². The summed E-state index contributed by atoms with van der Waals surface area (Å²) in [6.45, 7) is 16.3. The molecule has 168 valence electrons. The summed E-state index contributed by atoms with van der Waals surface area (Å²) in [5.74, 6) is 4.64. The third-order valence-corrected chi connectivity index (χ3v) is 10.5. The third-order valence-electron chi connectivity index (χ3n) is 10.5. The average molecular weight is 411 g/mol. The molecule has 0 heterocycles. The fourth-order valence-electron chi connectivity index (χ4n) is 8.64. The van der Waals surface area contributed by atoms with Gasteiger partial charge in [-0.15, -0.1) is 0 Å². The Morgan fingerprint density at radius 3 is 2.63 bits per heavy atom. The SMILES string of the molecule is C=C(C)C(C=CC(C)C1CC[C@H]2[C@@H]3CC=C4CC(O)CC[C@]4(C)[C@@H]3CC[C@]12C)CC. The van der Waals surface area contributed by atoms with Crippen LogP contribution in [0.4, 0.5) is 0 Å². The van der Waals surface area contributed by atoms with Crippen molar-refractivity contribution in [1.29, 1.82) is 0 Å². The van der Waals surface area contributed by atoms with Crippen LogP contribution in [-0.2, 0) is 0 Å². The topological polar surface area (TPSA) is 20.2 Å². The third kappa shape index (κ3) is 3.58. The highest BCUT2D eigenvalue weighted by Gasteiger charge is 2.58. The fraction of sp³-hybridized carbons (Fsp3) is 0.793. The molecule has 0 amide bonds. The molecule has 4 unspecified atom stereocenters. The van der Waals surface area contributed by atoms with Gasteiger partial charge in [0.1, 0.15) is 0 Å². The fourth-order valence-corrected chi connectivity index (χ4v) is 8.64. The van der Waals surface area contributed by atoms with Crippen molar-refractivity contribution in [1.82, 2.24) is 0 Å². The van der Waals surface area contributed by atoms with Crippen LogP contribution in [0.2, 0.25) is 0 Å². The molecule has 0 bridgehead atoms. The Hall–Kier alpha value is -0.820. The quantitative estimate of drug-likeness (QED) is 0.460. The minimum Gasteiger partial charge on any atom is -0.393 e. The van der Waals surface area contributed by atoms with Crippen molar-refractivity contribution >= 4 is 0 Å². The molecule has 3 saturated carbocycles. The Kier molecular flexibility index (Phi) is 6.17. The second kappa shape index (κ2) is 8.27. The van der Waals surface area contributed by atoms with Gasteiger partial charge >= 0.3 is 0 Å². The Labute approximate surface area is 186 Å². The van der Waals surface area contributed by atoms with Crippen molar-refractivity contribution in [3.63, 3.8) is 0 Å². The number of fused-ring (bicyclic) bond motifs is 5. The number of allylic oxidation sites excluding steroid dienone is 4. The molecule has 30 heavy (non-hydrogen) atoms. The standard InChI is InChI=1S/C29H46O/c1-7-21(19(2)3)9-8-20(4)25-12-13-26-24-11-10-22-18-23(30)14-16-28(22,5)27(24)15-17-29(25,26)6/h8-10,20-21,23-27,30H,2,7,11-18H2,1,3-6H3/t20?,21?,23?,24-,25?,26-,27+,28-,29+/m0/s1. The van der Waals surface area contributed by atoms with E-state index >= 15 is 0 Å². The first kappa shape index (κ1) is 22.4. The van der Waals surface area contributed by atoms with Gasteiger partial charge in [-0.25, -0.2) is 0 Å². The molecule has 0 aromatic heterocycles. The smallest absolute Gasteiger partial charge is 0.0577 e. The highest BCUT2D eigenvalue weighted by molar-refractivity contribution is 5.25. The molecular weight excluding hydrogens is 364 g/mol. The highest BCUT2D eigenvalue weighted by Crippen LogP contribution is 2.67. The van der Waals surface area contributed by atoms with E-state index in [4.69, 9.17) is 0 Å². The van der Waals surface area contributed by atoms with E-state index in [1.165, 1.54) is 44.1 Å². The molecule has 4 aliphatic rings. The van der Waals surface area contributed by atoms with E-state index in [1.54, 1.807) is 5.57 Å². The lowest BCUT2D eigenvalue weighted by atomic mass is 9.47. The lowest BCUT2D eigenvalue weighted by molar-refractivity contribution is -0.0540. The van der Waals surface area contributed by atoms with Crippen LogP contribution in [-0.4, -0.2) is 11.2 Å². The van der Waals surface area contributed by atoms with Crippen LogP contribution in [0.15, 0.2) is 36.0 Å². The van der Waals surface area contributed by atoms with Gasteiger partial charge in [-0.1, -0.05) is 63.6 Å². The van der Waals surface area contributed by atoms with Crippen LogP contribution in [0.1, 0.15) is 92.4 Å². The molecule has 1 nitrogen and oxygen atoms in total. The Morgan fingerprint density at radius 2 is 1.93 bits per heavy atom. The number of aliphatic hydroxyl groups excluding tert-OH is 1. The van der Waals surface area contributed by atoms with E-state index in [9.17, 15) is 5.11 Å². The molecule has 0 aromatic rings. The van der Waals surface area contributed by atoms with Gasteiger partial charge in [0, 0.05) is 0 Å². The number of aliphatic hydroxyl groups is 1. The van der Waals surface area contributed by atoms with Gasteiger partial charge in [0.25, 0.3) is 0 Å². The zero-order chi connectivity index (χ0) is 21.7. The summed E-state index contributed by atoms with van der Waals surface area (Å²) < 4.78 is 0. The number of rotatable bonds is 5. The van der Waals surface area contributed by atoms with Gasteiger partial charge in [0.15, 0.2) is 0 Å². The summed E-state index contributed by atoms with van der Waals surface area (Å²) >= 11 is 0. The summed E-state index contributed by atoms with van der Waals surface area (Å²) in [4.78, 5) is 0. The van der Waals surface area contributed by atoms with Crippen molar-refractivity contribution in [3.8, 4) is 0 Å². The Bertz CT molecular complexity index is 716. The first-order valence-corrected chi connectivity index (χ1v) is 12.9. The predicted octanol–water partition coefficient (Wildman–Crippen LogP) is 7.72. The maximum atomic E-state index is 10.2. The van der Waals surface area contributed by atoms with Gasteiger partial charge < -0.3 is 5.11 Å². The predicted molar refractivity (Wildman–Crippen MR) is 128 cm³/mol. The molecule has 1 N–H and O–H groups in total. The molecule has 0 aliphatic heterocycles. The summed E-state index contributed by atoms with van der Waals surface area (Å²) in [5, 5.41) is 10.2. The first-order chi connectivity index (χ1) is 14.2. The zero-order valence-electron chi connectivity index (χ0n) is 20.3. The molecular formula is C29H46O. The summed E-state index contributed by atoms with van der Waals surface area (Å²) in [6, 6.07) is 0. The van der Waals surface area contributed by atoms with Gasteiger partial charge in [0.2, 0.25) is 0 Å². The van der Waals surface area contributed by atoms with Crippen molar-refractivity contribution in [2.45, 2.75) is 98.5 Å². The van der Waals surface area contributed by atoms with Crippen LogP contribution in [0.5, 0.6) is 0 Å². The van der Waals surface area contributed by atoms with Crippen LogP contribution >= 0.6 is 0 Å². The molecule has 3 fully saturated rings. The monoisotopic (exact) mass is 410 g/mol. The molecule has 4 rings (SSSR count). The van der Waals surface area contributed by atoms with Crippen LogP contribution in [0.3, 0.4) is 0 Å². The summed E-state index contributed by atoms with van der Waals surface area (Å²) in [7, 11) is 0. The maximum absolute atomic E-state index is 10.2. The summed E-state index contributed by atoms with van der Waals surface area (Å²) in [5.41, 5.74) is 3.77. The minimum atomic E-state index is -0.0932. The van der Waals surface area contributed by atoms with E-state index in [1.807, 2.05) is 0 Å². The second-order valence-corrected chi connectivity index (χ2v) is 12.0. The normalized spacial score (nSPS) is 45.3. The zero-order valence-corrected chi connectivity index (χ0v) is 20.3. The van der Waals surface area contributed by atoms with Gasteiger partial charge in [-0.05, 0) is 111 Å². The number of hydrogen-bond donors (Lipinski definition) is 1. The highest BCUT2D eigenvalue weighted by atomic mass is 16.3. The largest absolute Gasteiger partial charge is 0.393 e. The van der Waals surface area contributed by atoms with E-state index in [0.717, 1.165) is 42.9 Å². The van der Waals surface area contributed by atoms with Crippen molar-refractivity contribution in [2.24, 2.45) is 46.3 Å². The lowest BCUT2D eigenvalue weighted by Gasteiger charge is -2.58. The first-order valence-electron chi connectivity index (χ1n) is 12.9. The Morgan fingerprint density at radius 1 is 1.17 bits per heavy atom. The summed E-state index contributed by atoms with van der Waals surface area (Å²) in [6.07, 6.45) is 18.7. The molecule has 4 aliphatic carbocycles. The van der Waals surface area contributed by atoms with Gasteiger partial charge in [0.05, 0.1) is 6.10 Å². The molecule has 0 radical (unpaired) electrons. The average Bonchev–Trinajstić information content (AvgIpc) is 3.06. The van der Waals surface area contributed by atoms with E-state index in [0.29, 0.717) is 22.7 Å². The van der Waals surface area contributed by atoms with Crippen molar-refractivity contribution in [2.75, 3.05) is 0 Å². The Balaban J connectivity index is 1.53. The van der Waals surface area contributed by atoms with Crippen molar-refractivity contribution < 1.29 is 5.11 Å². The molecule has 0 aromatic carbocycles. The van der Waals surface area contributed by atoms with Crippen LogP contribution in [0.25, 0.3) is 0 Å². The van der Waals surface area contributed by atoms with Gasteiger partial charge in [-0.2, -0.15) is 0 Å². The lowest BCUT2D eigenvalue weighted by Crippen LogP contribution is -2.50. The van der Waals surface area contributed by atoms with Crippen molar-refractivity contribution in [3.05, 3.63) is 36.0 Å². The minimum absolute atomic E-state index is 0.0932. The molecule has 0 spiro atoms. The van der Waals surface area contributed by atoms with Gasteiger partial charge in [-0.3, -0.25) is 0 Å². The number of hydrogen-bond acceptors (Lipinski definition) is 1. The molecule has 1 heteroatoms. The second-order valence-electron chi connectivity index (χ2n) is 12.0. The van der Waals surface area contributed by atoms with E-state index < -0.39 is 0 Å². The maximum Gasteiger partial charge on any atom is 0.0577 e. The molecule has 0 saturated heterocycles. The van der Waals surface area contributed by atoms with Crippen LogP contribution < -0.4 is 0 Å². The van der Waals surface area contributed by atoms with Crippen LogP contribution in [0, 0.1) is 46.3 Å².